The molecule has 0 radical (unpaired) electrons. The van der Waals surface area contributed by atoms with Crippen molar-refractivity contribution in [3.05, 3.63) is 29.8 Å². The van der Waals surface area contributed by atoms with E-state index in [1.807, 2.05) is 13.8 Å². The van der Waals surface area contributed by atoms with Crippen molar-refractivity contribution in [2.75, 3.05) is 13.2 Å². The third-order valence-corrected chi connectivity index (χ3v) is 3.02. The maximum Gasteiger partial charge on any atom is 0.303 e. The molecule has 0 saturated carbocycles. The summed E-state index contributed by atoms with van der Waals surface area (Å²) in [6, 6.07) is 7.01. The molecule has 110 valence electrons. The minimum Gasteiger partial charge on any atom is -0.493 e. The Hall–Kier alpha value is -2.04. The molecule has 1 aromatic carbocycles. The van der Waals surface area contributed by atoms with Gasteiger partial charge >= 0.3 is 5.97 Å². The molecule has 1 aromatic rings. The molecular weight excluding hydrogens is 258 g/mol. The predicted octanol–water partition coefficient (Wildman–Crippen LogP) is 2.32. The van der Waals surface area contributed by atoms with Crippen molar-refractivity contribution < 1.29 is 19.4 Å². The molecule has 0 aliphatic carbocycles. The van der Waals surface area contributed by atoms with Gasteiger partial charge in [-0.15, -0.1) is 0 Å². The van der Waals surface area contributed by atoms with E-state index < -0.39 is 5.97 Å². The van der Waals surface area contributed by atoms with Crippen LogP contribution >= 0.6 is 0 Å². The van der Waals surface area contributed by atoms with Crippen molar-refractivity contribution >= 4 is 11.9 Å². The molecule has 1 amide bonds. The van der Waals surface area contributed by atoms with E-state index in [0.717, 1.165) is 0 Å². The number of nitrogens with one attached hydrogen (secondary N) is 1. The number of rotatable bonds is 8. The number of para-hydroxylation sites is 1. The Labute approximate surface area is 118 Å². The SMILES string of the molecule is CCOc1ccccc1C(=O)NCC(CC)CC(=O)O. The maximum absolute atomic E-state index is 12.1. The largest absolute Gasteiger partial charge is 0.493 e. The van der Waals surface area contributed by atoms with Gasteiger partial charge in [0.15, 0.2) is 0 Å². The Morgan fingerprint density at radius 1 is 1.30 bits per heavy atom. The van der Waals surface area contributed by atoms with Gasteiger partial charge in [0, 0.05) is 13.0 Å². The minimum absolute atomic E-state index is 0.0594. The lowest BCUT2D eigenvalue weighted by molar-refractivity contribution is -0.138. The van der Waals surface area contributed by atoms with Gasteiger partial charge in [-0.25, -0.2) is 0 Å². The first-order valence-electron chi connectivity index (χ1n) is 6.80. The summed E-state index contributed by atoms with van der Waals surface area (Å²) >= 11 is 0. The Balaban J connectivity index is 2.64. The molecule has 1 unspecified atom stereocenters. The van der Waals surface area contributed by atoms with Crippen LogP contribution < -0.4 is 10.1 Å². The van der Waals surface area contributed by atoms with Gasteiger partial charge in [-0.1, -0.05) is 25.5 Å². The lowest BCUT2D eigenvalue weighted by atomic mass is 10.0. The first-order valence-corrected chi connectivity index (χ1v) is 6.80. The maximum atomic E-state index is 12.1. The van der Waals surface area contributed by atoms with Gasteiger partial charge in [0.1, 0.15) is 5.75 Å². The van der Waals surface area contributed by atoms with Crippen LogP contribution in [0.1, 0.15) is 37.0 Å². The molecule has 0 aromatic heterocycles. The van der Waals surface area contributed by atoms with E-state index >= 15 is 0 Å². The Bertz CT molecular complexity index is 459. The van der Waals surface area contributed by atoms with Crippen LogP contribution in [0.15, 0.2) is 24.3 Å². The Morgan fingerprint density at radius 2 is 2.00 bits per heavy atom. The molecule has 2 N–H and O–H groups in total. The molecule has 5 heteroatoms. The highest BCUT2D eigenvalue weighted by atomic mass is 16.5. The van der Waals surface area contributed by atoms with Crippen molar-refractivity contribution in [3.8, 4) is 5.75 Å². The van der Waals surface area contributed by atoms with E-state index in [0.29, 0.717) is 30.9 Å². The van der Waals surface area contributed by atoms with Gasteiger partial charge in [0.2, 0.25) is 0 Å². The molecule has 0 saturated heterocycles. The number of carboxylic acid groups (broad SMARTS) is 1. The molecule has 5 nitrogen and oxygen atoms in total. The summed E-state index contributed by atoms with van der Waals surface area (Å²) in [7, 11) is 0. The number of carboxylic acids is 1. The van der Waals surface area contributed by atoms with Gasteiger partial charge in [-0.3, -0.25) is 9.59 Å². The molecule has 0 aliphatic rings. The Morgan fingerprint density at radius 3 is 2.60 bits per heavy atom. The van der Waals surface area contributed by atoms with Crippen LogP contribution in [0.5, 0.6) is 5.75 Å². The van der Waals surface area contributed by atoms with Crippen LogP contribution in [0.3, 0.4) is 0 Å². The van der Waals surface area contributed by atoms with E-state index in [-0.39, 0.29) is 18.2 Å². The highest BCUT2D eigenvalue weighted by molar-refractivity contribution is 5.96. The first kappa shape index (κ1) is 16.0. The number of amides is 1. The quantitative estimate of drug-likeness (QED) is 0.765. The normalized spacial score (nSPS) is 11.7. The predicted molar refractivity (Wildman–Crippen MR) is 76.0 cm³/mol. The standard InChI is InChI=1S/C15H21NO4/c1-3-11(9-14(17)18)10-16-15(19)12-7-5-6-8-13(12)20-4-2/h5-8,11H,3-4,9-10H2,1-2H3,(H,16,19)(H,17,18). The van der Waals surface area contributed by atoms with Crippen molar-refractivity contribution in [1.82, 2.24) is 5.32 Å². The van der Waals surface area contributed by atoms with Crippen molar-refractivity contribution in [2.24, 2.45) is 5.92 Å². The van der Waals surface area contributed by atoms with Crippen molar-refractivity contribution in [1.29, 1.82) is 0 Å². The molecule has 0 aliphatic heterocycles. The van der Waals surface area contributed by atoms with Crippen LogP contribution in [0.25, 0.3) is 0 Å². The second-order valence-corrected chi connectivity index (χ2v) is 4.51. The summed E-state index contributed by atoms with van der Waals surface area (Å²) in [6.07, 6.45) is 0.767. The van der Waals surface area contributed by atoms with Crippen LogP contribution in [-0.2, 0) is 4.79 Å². The van der Waals surface area contributed by atoms with Gasteiger partial charge in [-0.2, -0.15) is 0 Å². The van der Waals surface area contributed by atoms with Crippen LogP contribution in [0.4, 0.5) is 0 Å². The molecule has 0 heterocycles. The highest BCUT2D eigenvalue weighted by Gasteiger charge is 2.15. The van der Waals surface area contributed by atoms with Crippen LogP contribution in [0, 0.1) is 5.92 Å². The minimum atomic E-state index is -0.846. The third-order valence-electron chi connectivity index (χ3n) is 3.02. The number of hydrogen-bond donors (Lipinski definition) is 2. The van der Waals surface area contributed by atoms with Gasteiger partial charge in [0.25, 0.3) is 5.91 Å². The second-order valence-electron chi connectivity index (χ2n) is 4.51. The lowest BCUT2D eigenvalue weighted by Crippen LogP contribution is -2.30. The van der Waals surface area contributed by atoms with E-state index in [2.05, 4.69) is 5.32 Å². The zero-order valence-electron chi connectivity index (χ0n) is 11.9. The number of ether oxygens (including phenoxy) is 1. The van der Waals surface area contributed by atoms with E-state index in [9.17, 15) is 9.59 Å². The molecule has 0 spiro atoms. The zero-order valence-corrected chi connectivity index (χ0v) is 11.9. The molecular formula is C15H21NO4. The van der Waals surface area contributed by atoms with E-state index in [1.165, 1.54) is 0 Å². The fourth-order valence-corrected chi connectivity index (χ4v) is 1.88. The van der Waals surface area contributed by atoms with Gasteiger partial charge < -0.3 is 15.2 Å². The van der Waals surface area contributed by atoms with Gasteiger partial charge in [-0.05, 0) is 25.0 Å². The molecule has 1 atom stereocenters. The summed E-state index contributed by atoms with van der Waals surface area (Å²) in [5, 5.41) is 11.6. The smallest absolute Gasteiger partial charge is 0.303 e. The first-order chi connectivity index (χ1) is 9.58. The second kappa shape index (κ2) is 8.19. The third kappa shape index (κ3) is 4.91. The van der Waals surface area contributed by atoms with Gasteiger partial charge in [0.05, 0.1) is 12.2 Å². The molecule has 0 fully saturated rings. The molecule has 0 bridgehead atoms. The fraction of sp³-hybridized carbons (Fsp3) is 0.467. The number of carbonyl (C=O) groups excluding carboxylic acids is 1. The zero-order chi connectivity index (χ0) is 15.0. The summed E-state index contributed by atoms with van der Waals surface area (Å²) in [4.78, 5) is 22.8. The average Bonchev–Trinajstić information content (AvgIpc) is 2.43. The van der Waals surface area contributed by atoms with Crippen LogP contribution in [-0.4, -0.2) is 30.1 Å². The van der Waals surface area contributed by atoms with Crippen molar-refractivity contribution in [3.63, 3.8) is 0 Å². The average molecular weight is 279 g/mol. The van der Waals surface area contributed by atoms with Crippen molar-refractivity contribution in [2.45, 2.75) is 26.7 Å². The molecule has 20 heavy (non-hydrogen) atoms. The lowest BCUT2D eigenvalue weighted by Gasteiger charge is -2.15. The number of benzene rings is 1. The monoisotopic (exact) mass is 279 g/mol. The number of aliphatic carboxylic acids is 1. The van der Waals surface area contributed by atoms with E-state index in [4.69, 9.17) is 9.84 Å². The molecule has 1 rings (SSSR count). The summed E-state index contributed by atoms with van der Waals surface area (Å²) in [5.74, 6) is -0.604. The summed E-state index contributed by atoms with van der Waals surface area (Å²) in [6.45, 7) is 4.60. The number of hydrogen-bond acceptors (Lipinski definition) is 3. The fourth-order valence-electron chi connectivity index (χ4n) is 1.88. The Kier molecular flexibility index (Phi) is 6.56. The number of carbonyl (C=O) groups is 2. The highest BCUT2D eigenvalue weighted by Crippen LogP contribution is 2.18. The topological polar surface area (TPSA) is 75.6 Å². The summed E-state index contributed by atoms with van der Waals surface area (Å²) < 4.78 is 5.40. The van der Waals surface area contributed by atoms with Crippen LogP contribution in [0.2, 0.25) is 0 Å². The van der Waals surface area contributed by atoms with E-state index in [1.54, 1.807) is 24.3 Å². The summed E-state index contributed by atoms with van der Waals surface area (Å²) in [5.41, 5.74) is 0.472.